The van der Waals surface area contributed by atoms with E-state index in [1.165, 1.54) is 5.56 Å². The molecule has 1 aromatic heterocycles. The van der Waals surface area contributed by atoms with Gasteiger partial charge >= 0.3 is 0 Å². The molecule has 3 rings (SSSR count). The largest absolute Gasteiger partial charge is 0.351 e. The van der Waals surface area contributed by atoms with Crippen molar-refractivity contribution in [2.24, 2.45) is 0 Å². The van der Waals surface area contributed by atoms with Crippen molar-refractivity contribution >= 4 is 28.5 Å². The van der Waals surface area contributed by atoms with E-state index in [1.807, 2.05) is 19.1 Å². The lowest BCUT2D eigenvalue weighted by Crippen LogP contribution is -2.45. The van der Waals surface area contributed by atoms with Gasteiger partial charge in [0.2, 0.25) is 0 Å². The van der Waals surface area contributed by atoms with Crippen molar-refractivity contribution < 1.29 is 0 Å². The molecule has 2 heterocycles. The third-order valence-electron chi connectivity index (χ3n) is 3.56. The summed E-state index contributed by atoms with van der Waals surface area (Å²) in [5, 5.41) is 0.502. The first-order valence-corrected chi connectivity index (χ1v) is 6.89. The van der Waals surface area contributed by atoms with Crippen LogP contribution in [0.5, 0.6) is 0 Å². The van der Waals surface area contributed by atoms with Gasteiger partial charge in [0.25, 0.3) is 0 Å². The normalized spacial score (nSPS) is 17.1. The minimum absolute atomic E-state index is 0.502. The lowest BCUT2D eigenvalue weighted by atomic mass is 10.2. The number of anilines is 1. The van der Waals surface area contributed by atoms with Crippen LogP contribution >= 0.6 is 11.6 Å². The third-order valence-corrected chi connectivity index (χ3v) is 3.82. The van der Waals surface area contributed by atoms with Gasteiger partial charge < -0.3 is 9.80 Å². The van der Waals surface area contributed by atoms with E-state index < -0.39 is 0 Å². The van der Waals surface area contributed by atoms with Gasteiger partial charge in [-0.3, -0.25) is 0 Å². The van der Waals surface area contributed by atoms with Crippen LogP contribution in [0.25, 0.3) is 11.0 Å². The zero-order chi connectivity index (χ0) is 13.4. The van der Waals surface area contributed by atoms with Crippen molar-refractivity contribution in [3.8, 4) is 0 Å². The smallest absolute Gasteiger partial charge is 0.172 e. The quantitative estimate of drug-likeness (QED) is 0.800. The number of nitrogens with zero attached hydrogens (tertiary/aromatic N) is 4. The zero-order valence-corrected chi connectivity index (χ0v) is 12.0. The molecule has 1 aliphatic rings. The molecular formula is C14H17ClN4. The van der Waals surface area contributed by atoms with E-state index >= 15 is 0 Å². The van der Waals surface area contributed by atoms with Gasteiger partial charge in [-0.05, 0) is 31.7 Å². The second-order valence-corrected chi connectivity index (χ2v) is 5.48. The summed E-state index contributed by atoms with van der Waals surface area (Å²) >= 11 is 6.30. The maximum absolute atomic E-state index is 6.30. The third kappa shape index (κ3) is 2.51. The fourth-order valence-corrected chi connectivity index (χ4v) is 2.61. The molecule has 1 aromatic carbocycles. The maximum atomic E-state index is 6.30. The molecule has 19 heavy (non-hydrogen) atoms. The molecule has 0 bridgehead atoms. The first-order chi connectivity index (χ1) is 9.13. The van der Waals surface area contributed by atoms with Gasteiger partial charge in [-0.25, -0.2) is 9.97 Å². The number of fused-ring (bicyclic) bond motifs is 1. The molecule has 100 valence electrons. The average molecular weight is 277 g/mol. The molecule has 1 saturated heterocycles. The molecule has 4 nitrogen and oxygen atoms in total. The molecule has 0 spiro atoms. The van der Waals surface area contributed by atoms with E-state index in [2.05, 4.69) is 32.9 Å². The summed E-state index contributed by atoms with van der Waals surface area (Å²) in [6, 6.07) is 6.08. The highest BCUT2D eigenvalue weighted by molar-refractivity contribution is 6.32. The van der Waals surface area contributed by atoms with Crippen molar-refractivity contribution in [1.82, 2.24) is 14.9 Å². The second kappa shape index (κ2) is 4.94. The van der Waals surface area contributed by atoms with E-state index in [0.29, 0.717) is 5.15 Å². The van der Waals surface area contributed by atoms with Crippen molar-refractivity contribution in [2.45, 2.75) is 6.92 Å². The van der Waals surface area contributed by atoms with Crippen LogP contribution in [0.4, 0.5) is 5.82 Å². The Balaban J connectivity index is 1.99. The molecule has 0 N–H and O–H groups in total. The van der Waals surface area contributed by atoms with Crippen LogP contribution in [0.3, 0.4) is 0 Å². The standard InChI is InChI=1S/C14H17ClN4/c1-10-3-4-11-12(9-10)16-13(15)14(17-11)19-7-5-18(2)6-8-19/h3-4,9H,5-8H2,1-2H3. The van der Waals surface area contributed by atoms with E-state index in [-0.39, 0.29) is 0 Å². The fraction of sp³-hybridized carbons (Fsp3) is 0.429. The van der Waals surface area contributed by atoms with Crippen LogP contribution in [0.1, 0.15) is 5.56 Å². The summed E-state index contributed by atoms with van der Waals surface area (Å²) < 4.78 is 0. The van der Waals surface area contributed by atoms with E-state index in [4.69, 9.17) is 11.6 Å². The summed E-state index contributed by atoms with van der Waals surface area (Å²) in [5.74, 6) is 0.811. The van der Waals surface area contributed by atoms with Gasteiger partial charge in [0.05, 0.1) is 11.0 Å². The number of hydrogen-bond donors (Lipinski definition) is 0. The highest BCUT2D eigenvalue weighted by Gasteiger charge is 2.19. The Labute approximate surface area is 118 Å². The Morgan fingerprint density at radius 2 is 1.79 bits per heavy atom. The van der Waals surface area contributed by atoms with E-state index in [9.17, 15) is 0 Å². The Bertz CT molecular complexity index is 606. The molecule has 0 unspecified atom stereocenters. The molecule has 1 fully saturated rings. The first-order valence-electron chi connectivity index (χ1n) is 6.51. The lowest BCUT2D eigenvalue weighted by Gasteiger charge is -2.33. The van der Waals surface area contributed by atoms with Gasteiger partial charge in [0.15, 0.2) is 11.0 Å². The van der Waals surface area contributed by atoms with Crippen molar-refractivity contribution in [3.05, 3.63) is 28.9 Å². The molecule has 0 radical (unpaired) electrons. The number of aromatic nitrogens is 2. The van der Waals surface area contributed by atoms with Gasteiger partial charge in [-0.1, -0.05) is 17.7 Å². The summed E-state index contributed by atoms with van der Waals surface area (Å²) in [5.41, 5.74) is 2.94. The number of likely N-dealkylation sites (N-methyl/N-ethyl adjacent to an activating group) is 1. The fourth-order valence-electron chi connectivity index (χ4n) is 2.35. The van der Waals surface area contributed by atoms with Crippen LogP contribution < -0.4 is 4.90 Å². The van der Waals surface area contributed by atoms with Crippen molar-refractivity contribution in [2.75, 3.05) is 38.1 Å². The summed E-state index contributed by atoms with van der Waals surface area (Å²) in [6.45, 7) is 6.00. The first kappa shape index (κ1) is 12.6. The number of rotatable bonds is 1. The molecule has 5 heteroatoms. The Hall–Kier alpha value is -1.39. The Morgan fingerprint density at radius 3 is 2.53 bits per heavy atom. The van der Waals surface area contributed by atoms with Crippen LogP contribution in [-0.2, 0) is 0 Å². The van der Waals surface area contributed by atoms with Gasteiger partial charge in [0.1, 0.15) is 0 Å². The minimum atomic E-state index is 0.502. The molecule has 1 aliphatic heterocycles. The van der Waals surface area contributed by atoms with Gasteiger partial charge in [-0.15, -0.1) is 0 Å². The van der Waals surface area contributed by atoms with E-state index in [0.717, 1.165) is 43.0 Å². The predicted molar refractivity (Wildman–Crippen MR) is 79.0 cm³/mol. The zero-order valence-electron chi connectivity index (χ0n) is 11.2. The summed E-state index contributed by atoms with van der Waals surface area (Å²) in [7, 11) is 2.13. The monoisotopic (exact) mass is 276 g/mol. The summed E-state index contributed by atoms with van der Waals surface area (Å²) in [4.78, 5) is 13.7. The highest BCUT2D eigenvalue weighted by Crippen LogP contribution is 2.25. The second-order valence-electron chi connectivity index (χ2n) is 5.12. The molecular weight excluding hydrogens is 260 g/mol. The van der Waals surface area contributed by atoms with Crippen LogP contribution in [0.2, 0.25) is 5.15 Å². The van der Waals surface area contributed by atoms with Crippen LogP contribution in [0.15, 0.2) is 18.2 Å². The number of aryl methyl sites for hydroxylation is 1. The Morgan fingerprint density at radius 1 is 1.05 bits per heavy atom. The highest BCUT2D eigenvalue weighted by atomic mass is 35.5. The molecule has 0 saturated carbocycles. The average Bonchev–Trinajstić information content (AvgIpc) is 2.39. The maximum Gasteiger partial charge on any atom is 0.172 e. The van der Waals surface area contributed by atoms with Gasteiger partial charge in [0, 0.05) is 26.2 Å². The number of piperazine rings is 1. The topological polar surface area (TPSA) is 32.3 Å². The van der Waals surface area contributed by atoms with Crippen molar-refractivity contribution in [1.29, 1.82) is 0 Å². The molecule has 0 atom stereocenters. The van der Waals surface area contributed by atoms with Crippen molar-refractivity contribution in [3.63, 3.8) is 0 Å². The minimum Gasteiger partial charge on any atom is -0.351 e. The summed E-state index contributed by atoms with van der Waals surface area (Å²) in [6.07, 6.45) is 0. The molecule has 0 amide bonds. The molecule has 0 aliphatic carbocycles. The van der Waals surface area contributed by atoms with Crippen LogP contribution in [0, 0.1) is 6.92 Å². The van der Waals surface area contributed by atoms with Gasteiger partial charge in [-0.2, -0.15) is 0 Å². The number of hydrogen-bond acceptors (Lipinski definition) is 4. The predicted octanol–water partition coefficient (Wildman–Crippen LogP) is 2.34. The Kier molecular flexibility index (Phi) is 3.29. The number of halogens is 1. The van der Waals surface area contributed by atoms with Crippen LogP contribution in [-0.4, -0.2) is 48.1 Å². The SMILES string of the molecule is Cc1ccc2nc(N3CCN(C)CC3)c(Cl)nc2c1. The van der Waals surface area contributed by atoms with E-state index in [1.54, 1.807) is 0 Å². The lowest BCUT2D eigenvalue weighted by molar-refractivity contribution is 0.312. The molecule has 2 aromatic rings. The number of benzene rings is 1.